The lowest BCUT2D eigenvalue weighted by Gasteiger charge is -2.52. The molecule has 0 aliphatic heterocycles. The number of carbonyl (C=O) groups is 1. The van der Waals surface area contributed by atoms with Crippen molar-refractivity contribution in [3.05, 3.63) is 59.1 Å². The van der Waals surface area contributed by atoms with Crippen LogP contribution in [0, 0.1) is 5.41 Å². The van der Waals surface area contributed by atoms with Crippen molar-refractivity contribution in [2.75, 3.05) is 13.2 Å². The van der Waals surface area contributed by atoms with Crippen LogP contribution in [0.15, 0.2) is 41.1 Å². The second-order valence-electron chi connectivity index (χ2n) is 11.8. The minimum absolute atomic E-state index is 0.00752. The van der Waals surface area contributed by atoms with E-state index in [1.165, 1.54) is 18.3 Å². The molecule has 7 rings (SSSR count). The van der Waals surface area contributed by atoms with E-state index in [-0.39, 0.29) is 40.5 Å². The molecule has 2 aromatic heterocycles. The number of carbonyl (C=O) groups excluding carboxylic acids is 1. The number of hydrogen-bond acceptors (Lipinski definition) is 7. The van der Waals surface area contributed by atoms with Crippen LogP contribution in [-0.4, -0.2) is 34.9 Å². The molecule has 224 valence electrons. The molecule has 4 fully saturated rings. The fourth-order valence-electron chi connectivity index (χ4n) is 6.36. The van der Waals surface area contributed by atoms with E-state index in [1.807, 2.05) is 6.92 Å². The molecule has 2 bridgehead atoms. The zero-order valence-corrected chi connectivity index (χ0v) is 23.5. The van der Waals surface area contributed by atoms with E-state index in [0.717, 1.165) is 57.4 Å². The van der Waals surface area contributed by atoms with Crippen molar-refractivity contribution in [3.63, 3.8) is 0 Å². The molecule has 0 radical (unpaired) electrons. The van der Waals surface area contributed by atoms with Crippen LogP contribution in [0.3, 0.4) is 0 Å². The molecule has 8 nitrogen and oxygen atoms in total. The monoisotopic (exact) mass is 585 g/mol. The highest BCUT2D eigenvalue weighted by atomic mass is 19.4. The van der Waals surface area contributed by atoms with E-state index in [1.54, 1.807) is 12.1 Å². The molecule has 0 spiro atoms. The van der Waals surface area contributed by atoms with Crippen LogP contribution >= 0.6 is 0 Å². The first-order chi connectivity index (χ1) is 20.1. The number of ether oxygens (including phenoxy) is 3. The molecule has 2 heterocycles. The molecule has 42 heavy (non-hydrogen) atoms. The molecule has 11 heteroatoms. The smallest absolute Gasteiger partial charge is 0.417 e. The van der Waals surface area contributed by atoms with Crippen LogP contribution in [-0.2, 0) is 17.5 Å². The number of nitrogens with zero attached hydrogens (tertiary/aromatic N) is 2. The first kappa shape index (κ1) is 28.5. The summed E-state index contributed by atoms with van der Waals surface area (Å²) in [5, 5.41) is 4.13. The first-order valence-electron chi connectivity index (χ1n) is 14.5. The Balaban J connectivity index is 1.13. The highest BCUT2D eigenvalue weighted by Gasteiger charge is 2.50. The average Bonchev–Trinajstić information content (AvgIpc) is 3.74. The molecule has 0 saturated heterocycles. The van der Waals surface area contributed by atoms with E-state index in [0.29, 0.717) is 36.0 Å². The lowest BCUT2D eigenvalue weighted by molar-refractivity contribution is -0.150. The highest BCUT2D eigenvalue weighted by molar-refractivity contribution is 5.93. The lowest BCUT2D eigenvalue weighted by Crippen LogP contribution is -2.49. The van der Waals surface area contributed by atoms with Crippen molar-refractivity contribution in [2.45, 2.75) is 82.6 Å². The Kier molecular flexibility index (Phi) is 7.41. The van der Waals surface area contributed by atoms with Gasteiger partial charge >= 0.3 is 6.18 Å². The summed E-state index contributed by atoms with van der Waals surface area (Å²) in [6, 6.07) is 7.14. The van der Waals surface area contributed by atoms with Gasteiger partial charge in [0.1, 0.15) is 17.2 Å². The second-order valence-corrected chi connectivity index (χ2v) is 11.8. The first-order valence-corrected chi connectivity index (χ1v) is 14.5. The van der Waals surface area contributed by atoms with Crippen molar-refractivity contribution in [1.29, 1.82) is 0 Å². The third-order valence-corrected chi connectivity index (χ3v) is 9.02. The molecule has 4 saturated carbocycles. The van der Waals surface area contributed by atoms with Gasteiger partial charge in [0, 0.05) is 28.5 Å². The van der Waals surface area contributed by atoms with Gasteiger partial charge in [-0.3, -0.25) is 4.79 Å². The normalized spacial score (nSPS) is 23.6. The summed E-state index contributed by atoms with van der Waals surface area (Å²) < 4.78 is 65.4. The number of halogens is 3. The summed E-state index contributed by atoms with van der Waals surface area (Å²) in [7, 11) is 0. The van der Waals surface area contributed by atoms with Gasteiger partial charge in [-0.1, -0.05) is 23.4 Å². The molecular formula is C31H34F3N3O5. The zero-order valence-electron chi connectivity index (χ0n) is 23.5. The van der Waals surface area contributed by atoms with Gasteiger partial charge in [-0.2, -0.15) is 13.2 Å². The standard InChI is InChI=1S/C31H34F3N3O5/c1-2-39-24-15-20(16-36-26(24)28(35)38)40-18-29-9-12-30(13-10-29,14-11-29)41-17-22-25(37-42-27(22)19-7-8-19)21-5-3-4-6-23(21)31(32,33)34/h3-6,15-16,19H,2,7-14,17-18H2,1H3,(H2,35,38). The molecule has 1 amide bonds. The number of pyridine rings is 1. The molecule has 1 aromatic carbocycles. The fraction of sp³-hybridized carbons (Fsp3) is 0.516. The van der Waals surface area contributed by atoms with Crippen molar-refractivity contribution in [3.8, 4) is 22.8 Å². The zero-order chi connectivity index (χ0) is 29.5. The maximum Gasteiger partial charge on any atom is 0.417 e. The maximum absolute atomic E-state index is 13.8. The van der Waals surface area contributed by atoms with E-state index in [2.05, 4.69) is 10.1 Å². The Hall–Kier alpha value is -3.60. The van der Waals surface area contributed by atoms with Crippen molar-refractivity contribution >= 4 is 5.91 Å². The van der Waals surface area contributed by atoms with Gasteiger partial charge in [-0.15, -0.1) is 0 Å². The molecule has 4 aliphatic carbocycles. The van der Waals surface area contributed by atoms with Gasteiger partial charge in [-0.25, -0.2) is 4.98 Å². The molecule has 4 aliphatic rings. The highest BCUT2D eigenvalue weighted by Crippen LogP contribution is 2.55. The topological polar surface area (TPSA) is 110 Å². The second kappa shape index (κ2) is 10.9. The quantitative estimate of drug-likeness (QED) is 0.263. The largest absolute Gasteiger partial charge is 0.491 e. The summed E-state index contributed by atoms with van der Waals surface area (Å²) >= 11 is 0. The third kappa shape index (κ3) is 5.58. The maximum atomic E-state index is 13.8. The molecule has 0 unspecified atom stereocenters. The molecular weight excluding hydrogens is 551 g/mol. The predicted molar refractivity (Wildman–Crippen MR) is 146 cm³/mol. The predicted octanol–water partition coefficient (Wildman–Crippen LogP) is 6.82. The third-order valence-electron chi connectivity index (χ3n) is 9.02. The van der Waals surface area contributed by atoms with Crippen LogP contribution in [0.5, 0.6) is 11.5 Å². The van der Waals surface area contributed by atoms with E-state index in [9.17, 15) is 18.0 Å². The number of amides is 1. The van der Waals surface area contributed by atoms with Gasteiger partial charge in [0.25, 0.3) is 5.91 Å². The van der Waals surface area contributed by atoms with Gasteiger partial charge in [-0.05, 0) is 64.4 Å². The Labute approximate surface area is 241 Å². The average molecular weight is 586 g/mol. The summed E-state index contributed by atoms with van der Waals surface area (Å²) in [4.78, 5) is 15.8. The van der Waals surface area contributed by atoms with Crippen LogP contribution < -0.4 is 15.2 Å². The molecule has 2 N–H and O–H groups in total. The summed E-state index contributed by atoms with van der Waals surface area (Å²) in [5.74, 6) is 0.985. The van der Waals surface area contributed by atoms with Crippen molar-refractivity contribution in [1.82, 2.24) is 10.1 Å². The summed E-state index contributed by atoms with van der Waals surface area (Å²) in [6.45, 7) is 2.85. The number of aromatic nitrogens is 2. The Morgan fingerprint density at radius 1 is 1.10 bits per heavy atom. The van der Waals surface area contributed by atoms with Crippen molar-refractivity contribution < 1.29 is 36.7 Å². The lowest BCUT2D eigenvalue weighted by atomic mass is 9.59. The van der Waals surface area contributed by atoms with Gasteiger partial charge in [0.15, 0.2) is 11.4 Å². The minimum atomic E-state index is -4.51. The van der Waals surface area contributed by atoms with Gasteiger partial charge in [0.05, 0.1) is 37.2 Å². The fourth-order valence-corrected chi connectivity index (χ4v) is 6.36. The minimum Gasteiger partial charge on any atom is -0.491 e. The SMILES string of the molecule is CCOc1cc(OCC23CCC(OCc4c(-c5ccccc5C(F)(F)F)noc4C4CC4)(CC2)CC3)cnc1C(N)=O. The number of hydrogen-bond donors (Lipinski definition) is 1. The number of alkyl halides is 3. The van der Waals surface area contributed by atoms with E-state index in [4.69, 9.17) is 24.5 Å². The van der Waals surface area contributed by atoms with Crippen LogP contribution in [0.25, 0.3) is 11.3 Å². The number of nitrogens with two attached hydrogens (primary N) is 1. The van der Waals surface area contributed by atoms with Crippen LogP contribution in [0.1, 0.15) is 91.6 Å². The van der Waals surface area contributed by atoms with Crippen LogP contribution in [0.4, 0.5) is 13.2 Å². The summed E-state index contributed by atoms with van der Waals surface area (Å²) in [6.07, 6.45) is 4.06. The van der Waals surface area contributed by atoms with Crippen LogP contribution in [0.2, 0.25) is 0 Å². The number of fused-ring (bicyclic) bond motifs is 3. The molecule has 0 atom stereocenters. The van der Waals surface area contributed by atoms with E-state index < -0.39 is 17.6 Å². The Morgan fingerprint density at radius 3 is 2.45 bits per heavy atom. The Morgan fingerprint density at radius 2 is 1.81 bits per heavy atom. The number of benzene rings is 1. The summed E-state index contributed by atoms with van der Waals surface area (Å²) in [5.41, 5.74) is 5.27. The number of primary amides is 1. The van der Waals surface area contributed by atoms with E-state index >= 15 is 0 Å². The van der Waals surface area contributed by atoms with Gasteiger partial charge < -0.3 is 24.5 Å². The molecule has 3 aromatic rings. The van der Waals surface area contributed by atoms with Gasteiger partial charge in [0.2, 0.25) is 0 Å². The number of rotatable bonds is 11. The van der Waals surface area contributed by atoms with Crippen molar-refractivity contribution in [2.24, 2.45) is 11.1 Å². The Bertz CT molecular complexity index is 1440.